The highest BCUT2D eigenvalue weighted by Gasteiger charge is 2.39. The number of piperidine rings is 1. The Balaban J connectivity index is 2.01. The van der Waals surface area contributed by atoms with E-state index in [4.69, 9.17) is 4.74 Å². The van der Waals surface area contributed by atoms with Gasteiger partial charge >= 0.3 is 0 Å². The van der Waals surface area contributed by atoms with Crippen molar-refractivity contribution in [3.8, 4) is 0 Å². The van der Waals surface area contributed by atoms with Gasteiger partial charge in [0.15, 0.2) is 0 Å². The largest absolute Gasteiger partial charge is 0.377 e. The van der Waals surface area contributed by atoms with Gasteiger partial charge in [0, 0.05) is 25.2 Å². The van der Waals surface area contributed by atoms with Gasteiger partial charge in [-0.1, -0.05) is 20.8 Å². The minimum atomic E-state index is 0.459. The second-order valence-corrected chi connectivity index (χ2v) is 7.35. The van der Waals surface area contributed by atoms with Crippen LogP contribution in [0.4, 0.5) is 0 Å². The van der Waals surface area contributed by atoms with Crippen molar-refractivity contribution in [1.82, 2.24) is 10.2 Å². The van der Waals surface area contributed by atoms with Crippen molar-refractivity contribution < 1.29 is 4.74 Å². The maximum absolute atomic E-state index is 5.89. The van der Waals surface area contributed by atoms with E-state index in [2.05, 4.69) is 37.9 Å². The van der Waals surface area contributed by atoms with E-state index >= 15 is 0 Å². The summed E-state index contributed by atoms with van der Waals surface area (Å²) < 4.78 is 5.89. The summed E-state index contributed by atoms with van der Waals surface area (Å²) in [6, 6.07) is 1.37. The molecular weight excluding hydrogens is 248 g/mol. The first-order chi connectivity index (χ1) is 9.55. The highest BCUT2D eigenvalue weighted by molar-refractivity contribution is 4.95. The summed E-state index contributed by atoms with van der Waals surface area (Å²) in [4.78, 5) is 2.72. The fourth-order valence-electron chi connectivity index (χ4n) is 4.07. The lowest BCUT2D eigenvalue weighted by atomic mass is 9.72. The number of rotatable bonds is 5. The second kappa shape index (κ2) is 7.24. The molecule has 2 rings (SSSR count). The van der Waals surface area contributed by atoms with Crippen molar-refractivity contribution in [3.05, 3.63) is 0 Å². The molecule has 0 amide bonds. The quantitative estimate of drug-likeness (QED) is 0.839. The van der Waals surface area contributed by atoms with Crippen LogP contribution >= 0.6 is 0 Å². The SMILES string of the molecule is CCNC1CCC(C)(C)CC1N1CCCC(OCC)C1. The van der Waals surface area contributed by atoms with E-state index in [0.717, 1.165) is 19.7 Å². The van der Waals surface area contributed by atoms with Gasteiger partial charge in [-0.3, -0.25) is 4.90 Å². The molecule has 3 nitrogen and oxygen atoms in total. The monoisotopic (exact) mass is 282 g/mol. The van der Waals surface area contributed by atoms with Crippen LogP contribution in [0.5, 0.6) is 0 Å². The van der Waals surface area contributed by atoms with Crippen LogP contribution in [0.1, 0.15) is 59.8 Å². The van der Waals surface area contributed by atoms with Gasteiger partial charge < -0.3 is 10.1 Å². The molecule has 0 spiro atoms. The summed E-state index contributed by atoms with van der Waals surface area (Å²) in [5.41, 5.74) is 0.495. The van der Waals surface area contributed by atoms with Gasteiger partial charge in [0.1, 0.15) is 0 Å². The topological polar surface area (TPSA) is 24.5 Å². The van der Waals surface area contributed by atoms with Crippen LogP contribution in [-0.4, -0.2) is 49.3 Å². The van der Waals surface area contributed by atoms with E-state index in [1.807, 2.05) is 0 Å². The van der Waals surface area contributed by atoms with Crippen LogP contribution in [0.15, 0.2) is 0 Å². The lowest BCUT2D eigenvalue weighted by Gasteiger charge is -2.48. The molecule has 1 heterocycles. The molecule has 3 atom stereocenters. The lowest BCUT2D eigenvalue weighted by molar-refractivity contribution is -0.0290. The minimum absolute atomic E-state index is 0.459. The number of hydrogen-bond acceptors (Lipinski definition) is 3. The van der Waals surface area contributed by atoms with Gasteiger partial charge in [0.25, 0.3) is 0 Å². The Bertz CT molecular complexity index is 291. The first kappa shape index (κ1) is 16.3. The van der Waals surface area contributed by atoms with Crippen LogP contribution in [0.3, 0.4) is 0 Å². The molecule has 3 heteroatoms. The lowest BCUT2D eigenvalue weighted by Crippen LogP contribution is -2.57. The predicted octanol–water partition coefficient (Wildman–Crippen LogP) is 3.04. The van der Waals surface area contributed by atoms with Crippen molar-refractivity contribution in [3.63, 3.8) is 0 Å². The van der Waals surface area contributed by atoms with Crippen molar-refractivity contribution >= 4 is 0 Å². The first-order valence-corrected chi connectivity index (χ1v) is 8.64. The number of nitrogens with one attached hydrogen (secondary N) is 1. The van der Waals surface area contributed by atoms with Crippen molar-refractivity contribution in [1.29, 1.82) is 0 Å². The molecule has 1 aliphatic heterocycles. The zero-order valence-electron chi connectivity index (χ0n) is 14.0. The Hall–Kier alpha value is -0.120. The van der Waals surface area contributed by atoms with Crippen LogP contribution in [0.25, 0.3) is 0 Å². The van der Waals surface area contributed by atoms with Gasteiger partial charge in [0.05, 0.1) is 6.10 Å². The normalized spacial score (nSPS) is 35.1. The molecule has 0 aromatic rings. The van der Waals surface area contributed by atoms with Crippen molar-refractivity contribution in [2.75, 3.05) is 26.2 Å². The van der Waals surface area contributed by atoms with E-state index < -0.39 is 0 Å². The van der Waals surface area contributed by atoms with Gasteiger partial charge in [-0.2, -0.15) is 0 Å². The number of likely N-dealkylation sites (N-methyl/N-ethyl adjacent to an activating group) is 1. The molecule has 20 heavy (non-hydrogen) atoms. The molecule has 118 valence electrons. The average molecular weight is 282 g/mol. The third-order valence-electron chi connectivity index (χ3n) is 5.11. The molecule has 2 aliphatic rings. The third kappa shape index (κ3) is 4.19. The van der Waals surface area contributed by atoms with Crippen molar-refractivity contribution in [2.24, 2.45) is 5.41 Å². The highest BCUT2D eigenvalue weighted by Crippen LogP contribution is 2.38. The zero-order valence-corrected chi connectivity index (χ0v) is 14.0. The first-order valence-electron chi connectivity index (χ1n) is 8.64. The molecular formula is C17H34N2O. The molecule has 0 bridgehead atoms. The zero-order chi connectivity index (χ0) is 14.6. The Morgan fingerprint density at radius 2 is 2.05 bits per heavy atom. The standard InChI is InChI=1S/C17H34N2O/c1-5-18-15-9-10-17(3,4)12-16(15)19-11-7-8-14(13-19)20-6-2/h14-16,18H,5-13H2,1-4H3. The summed E-state index contributed by atoms with van der Waals surface area (Å²) in [7, 11) is 0. The number of ether oxygens (including phenoxy) is 1. The number of nitrogens with zero attached hydrogens (tertiary/aromatic N) is 1. The van der Waals surface area contributed by atoms with E-state index in [1.54, 1.807) is 0 Å². The molecule has 0 radical (unpaired) electrons. The number of likely N-dealkylation sites (tertiary alicyclic amines) is 1. The number of hydrogen-bond donors (Lipinski definition) is 1. The molecule has 0 aromatic heterocycles. The van der Waals surface area contributed by atoms with E-state index in [9.17, 15) is 0 Å². The molecule has 3 unspecified atom stereocenters. The molecule has 0 aromatic carbocycles. The molecule has 1 saturated carbocycles. The van der Waals surface area contributed by atoms with Crippen LogP contribution in [0, 0.1) is 5.41 Å². The fraction of sp³-hybridized carbons (Fsp3) is 1.00. The van der Waals surface area contributed by atoms with Gasteiger partial charge in [-0.05, 0) is 57.5 Å². The van der Waals surface area contributed by atoms with E-state index in [-0.39, 0.29) is 0 Å². The molecule has 1 N–H and O–H groups in total. The summed E-state index contributed by atoms with van der Waals surface area (Å²) in [6.07, 6.45) is 6.99. The Labute approximate surface area is 125 Å². The maximum atomic E-state index is 5.89. The molecule has 1 saturated heterocycles. The van der Waals surface area contributed by atoms with E-state index in [0.29, 0.717) is 23.6 Å². The Morgan fingerprint density at radius 3 is 2.75 bits per heavy atom. The highest BCUT2D eigenvalue weighted by atomic mass is 16.5. The smallest absolute Gasteiger partial charge is 0.0702 e. The van der Waals surface area contributed by atoms with Gasteiger partial charge in [-0.15, -0.1) is 0 Å². The van der Waals surface area contributed by atoms with Crippen LogP contribution < -0.4 is 5.32 Å². The summed E-state index contributed by atoms with van der Waals surface area (Å²) in [6.45, 7) is 13.6. The average Bonchev–Trinajstić information content (AvgIpc) is 2.41. The molecule has 2 fully saturated rings. The third-order valence-corrected chi connectivity index (χ3v) is 5.11. The maximum Gasteiger partial charge on any atom is 0.0702 e. The molecule has 1 aliphatic carbocycles. The van der Waals surface area contributed by atoms with Crippen LogP contribution in [0.2, 0.25) is 0 Å². The second-order valence-electron chi connectivity index (χ2n) is 7.35. The summed E-state index contributed by atoms with van der Waals surface area (Å²) >= 11 is 0. The van der Waals surface area contributed by atoms with Gasteiger partial charge in [0.2, 0.25) is 0 Å². The fourth-order valence-corrected chi connectivity index (χ4v) is 4.07. The van der Waals surface area contributed by atoms with Crippen LogP contribution in [-0.2, 0) is 4.74 Å². The summed E-state index contributed by atoms with van der Waals surface area (Å²) in [5, 5.41) is 3.73. The van der Waals surface area contributed by atoms with Gasteiger partial charge in [-0.25, -0.2) is 0 Å². The summed E-state index contributed by atoms with van der Waals surface area (Å²) in [5.74, 6) is 0. The Morgan fingerprint density at radius 1 is 1.25 bits per heavy atom. The Kier molecular flexibility index (Phi) is 5.88. The predicted molar refractivity (Wildman–Crippen MR) is 85.1 cm³/mol. The minimum Gasteiger partial charge on any atom is -0.377 e. The van der Waals surface area contributed by atoms with Crippen molar-refractivity contribution in [2.45, 2.75) is 78.0 Å². The van der Waals surface area contributed by atoms with E-state index in [1.165, 1.54) is 38.6 Å².